The molecule has 98 heavy (non-hydrogen) atoms. The van der Waals surface area contributed by atoms with E-state index in [-0.39, 0.29) is 32.0 Å². The predicted octanol–water partition coefficient (Wildman–Crippen LogP) is 28.2. The molecule has 2 atom stereocenters. The molecule has 0 rings (SSSR count). The molecule has 0 heterocycles. The summed E-state index contributed by atoms with van der Waals surface area (Å²) in [6.45, 7) is 4.29. The molecule has 576 valence electrons. The van der Waals surface area contributed by atoms with E-state index >= 15 is 0 Å². The van der Waals surface area contributed by atoms with Crippen LogP contribution < -0.4 is 4.89 Å². The summed E-state index contributed by atoms with van der Waals surface area (Å²) in [4.78, 5) is 38.2. The van der Waals surface area contributed by atoms with E-state index in [0.29, 0.717) is 17.4 Å². The number of carbonyl (C=O) groups excluding carboxylic acids is 2. The topological polar surface area (TPSA) is 111 Å². The average molecular weight is 1400 g/mol. The Bertz CT molecular complexity index is 1840. The molecule has 0 aliphatic carbocycles. The molecule has 0 aliphatic rings. The minimum absolute atomic E-state index is 0.0281. The highest BCUT2D eigenvalue weighted by Crippen LogP contribution is 2.38. The number of rotatable bonds is 81. The van der Waals surface area contributed by atoms with Crippen LogP contribution in [-0.2, 0) is 32.7 Å². The number of phosphoric ester groups is 1. The Morgan fingerprint density at radius 1 is 0.316 bits per heavy atom. The van der Waals surface area contributed by atoms with E-state index in [1.807, 2.05) is 21.1 Å². The molecule has 9 nitrogen and oxygen atoms in total. The smallest absolute Gasteiger partial charge is 0.306 e. The zero-order valence-electron chi connectivity index (χ0n) is 66.0. The van der Waals surface area contributed by atoms with Crippen LogP contribution in [0.2, 0.25) is 0 Å². The van der Waals surface area contributed by atoms with Crippen LogP contribution in [0.3, 0.4) is 0 Å². The molecule has 10 heteroatoms. The Kier molecular flexibility index (Phi) is 77.0. The van der Waals surface area contributed by atoms with Crippen LogP contribution in [0.4, 0.5) is 0 Å². The fourth-order valence-electron chi connectivity index (χ4n) is 12.9. The molecular weight excluding hydrogens is 1230 g/mol. The quantitative estimate of drug-likeness (QED) is 0.0195. The van der Waals surface area contributed by atoms with Crippen molar-refractivity contribution >= 4 is 19.8 Å². The van der Waals surface area contributed by atoms with E-state index in [1.54, 1.807) is 0 Å². The highest BCUT2D eigenvalue weighted by Gasteiger charge is 2.22. The van der Waals surface area contributed by atoms with Crippen LogP contribution in [-0.4, -0.2) is 70.0 Å². The van der Waals surface area contributed by atoms with Gasteiger partial charge in [0.2, 0.25) is 0 Å². The maximum Gasteiger partial charge on any atom is 0.306 e. The summed E-state index contributed by atoms with van der Waals surface area (Å²) < 4.78 is 34.5. The first kappa shape index (κ1) is 95.7. The van der Waals surface area contributed by atoms with E-state index in [2.05, 4.69) is 74.6 Å². The van der Waals surface area contributed by atoms with Crippen molar-refractivity contribution in [2.24, 2.45) is 0 Å². The van der Waals surface area contributed by atoms with Gasteiger partial charge in [0.1, 0.15) is 19.8 Å². The molecule has 0 fully saturated rings. The highest BCUT2D eigenvalue weighted by molar-refractivity contribution is 7.45. The maximum atomic E-state index is 12.9. The van der Waals surface area contributed by atoms with Gasteiger partial charge in [0, 0.05) is 12.8 Å². The van der Waals surface area contributed by atoms with Crippen LogP contribution >= 0.6 is 7.82 Å². The Labute approximate surface area is 610 Å². The molecule has 0 saturated carbocycles. The van der Waals surface area contributed by atoms with Gasteiger partial charge in [0.25, 0.3) is 7.82 Å². The number of phosphoric acid groups is 1. The molecule has 2 unspecified atom stereocenters. The maximum absolute atomic E-state index is 12.9. The zero-order valence-corrected chi connectivity index (χ0v) is 66.9. The number of nitrogens with zero attached hydrogens (tertiary/aromatic N) is 1. The van der Waals surface area contributed by atoms with E-state index in [9.17, 15) is 19.0 Å². The van der Waals surface area contributed by atoms with Crippen LogP contribution in [0.25, 0.3) is 0 Å². The fraction of sp³-hybridized carbons (Fsp3) is 0.864. The molecule has 0 aromatic heterocycles. The lowest BCUT2D eigenvalue weighted by Gasteiger charge is -2.28. The number of carbonyl (C=O) groups is 2. The Balaban J connectivity index is 3.87. The second-order valence-electron chi connectivity index (χ2n) is 30.5. The molecular formula is C88H166NO8P. The van der Waals surface area contributed by atoms with E-state index in [0.717, 1.165) is 51.4 Å². The Hall–Kier alpha value is -2.29. The first-order valence-electron chi connectivity index (χ1n) is 43.0. The summed E-state index contributed by atoms with van der Waals surface area (Å²) in [5.74, 6) is -0.807. The number of quaternary nitrogens is 1. The minimum atomic E-state index is -4.65. The van der Waals surface area contributed by atoms with Crippen LogP contribution in [0.5, 0.6) is 0 Å². The summed E-state index contributed by atoms with van der Waals surface area (Å²) in [5.41, 5.74) is 0. The lowest BCUT2D eigenvalue weighted by atomic mass is 10.0. The average Bonchev–Trinajstić information content (AvgIpc) is 1.23. The molecule has 0 aromatic carbocycles. The summed E-state index contributed by atoms with van der Waals surface area (Å²) in [7, 11) is 1.19. The standard InChI is InChI=1S/C88H166NO8P/c1-6-8-10-12-14-16-18-20-22-24-26-28-30-32-34-36-38-40-42-43-44-45-47-49-51-53-55-57-59-61-63-65-67-69-71-73-75-77-79-81-88(91)97-86(85-96-98(92,93)95-83-82-89(3,4)5)84-94-87(90)80-78-76-74-72-70-68-66-64-62-60-58-56-54-52-50-48-46-41-39-37-35-33-31-29-27-25-23-21-19-17-15-13-11-9-7-2/h18-21,24-27,30,32,86H,6-17,22-23,28-29,31,33-85H2,1-5H3/b20-18-,21-19-,26-24-,27-25-,32-30-. The second-order valence-corrected chi connectivity index (χ2v) is 32.0. The Morgan fingerprint density at radius 2 is 0.551 bits per heavy atom. The first-order chi connectivity index (χ1) is 48.0. The zero-order chi connectivity index (χ0) is 71.1. The number of unbranched alkanes of at least 4 members (excludes halogenated alkanes) is 57. The van der Waals surface area contributed by atoms with Crippen molar-refractivity contribution in [2.45, 2.75) is 444 Å². The monoisotopic (exact) mass is 1400 g/mol. The molecule has 0 aromatic rings. The summed E-state index contributed by atoms with van der Waals surface area (Å²) in [6, 6.07) is 0. The number of hydrogen-bond acceptors (Lipinski definition) is 8. The number of hydrogen-bond donors (Lipinski definition) is 0. The van der Waals surface area contributed by atoms with Crippen molar-refractivity contribution in [3.8, 4) is 0 Å². The van der Waals surface area contributed by atoms with E-state index < -0.39 is 26.5 Å². The largest absolute Gasteiger partial charge is 0.756 e. The molecule has 0 N–H and O–H groups in total. The van der Waals surface area contributed by atoms with Crippen LogP contribution in [0.15, 0.2) is 60.8 Å². The second kappa shape index (κ2) is 78.8. The predicted molar refractivity (Wildman–Crippen MR) is 425 cm³/mol. The number of esters is 2. The van der Waals surface area contributed by atoms with Gasteiger partial charge in [-0.3, -0.25) is 14.2 Å². The van der Waals surface area contributed by atoms with Crippen molar-refractivity contribution in [1.82, 2.24) is 0 Å². The molecule has 0 bridgehead atoms. The lowest BCUT2D eigenvalue weighted by Crippen LogP contribution is -2.37. The summed E-state index contributed by atoms with van der Waals surface area (Å²) >= 11 is 0. The van der Waals surface area contributed by atoms with Gasteiger partial charge in [-0.05, 0) is 83.5 Å². The van der Waals surface area contributed by atoms with Gasteiger partial charge in [0.05, 0.1) is 27.7 Å². The third-order valence-corrected chi connectivity index (χ3v) is 20.5. The van der Waals surface area contributed by atoms with Crippen molar-refractivity contribution in [2.75, 3.05) is 47.5 Å². The van der Waals surface area contributed by atoms with Crippen molar-refractivity contribution in [3.05, 3.63) is 60.8 Å². The highest BCUT2D eigenvalue weighted by atomic mass is 31.2. The van der Waals surface area contributed by atoms with Crippen LogP contribution in [0, 0.1) is 0 Å². The SMILES string of the molecule is CCCCCCC/C=C\C/C=C\C/C=C\CCCCCCCCCCCCCCCCCCCCCCCCCCC(=O)OC(COC(=O)CCCCCCCCCCCCCCCCCCCCCCCCC/C=C\C/C=C\CCCCCCC)COP(=O)([O-])OCC[N+](C)(C)C. The molecule has 0 aliphatic heterocycles. The third-order valence-electron chi connectivity index (χ3n) is 19.5. The van der Waals surface area contributed by atoms with Gasteiger partial charge in [-0.25, -0.2) is 0 Å². The Morgan fingerprint density at radius 3 is 0.816 bits per heavy atom. The molecule has 0 spiro atoms. The fourth-order valence-corrected chi connectivity index (χ4v) is 13.7. The van der Waals surface area contributed by atoms with E-state index in [4.69, 9.17) is 18.5 Å². The van der Waals surface area contributed by atoms with Crippen molar-refractivity contribution in [3.63, 3.8) is 0 Å². The summed E-state index contributed by atoms with van der Waals surface area (Å²) in [6.07, 6.45) is 107. The van der Waals surface area contributed by atoms with Gasteiger partial charge in [-0.1, -0.05) is 402 Å². The minimum Gasteiger partial charge on any atom is -0.756 e. The van der Waals surface area contributed by atoms with Crippen molar-refractivity contribution in [1.29, 1.82) is 0 Å². The number of likely N-dealkylation sites (N-methyl/N-ethyl adjacent to an activating group) is 1. The first-order valence-corrected chi connectivity index (χ1v) is 44.5. The molecule has 0 radical (unpaired) electrons. The summed E-state index contributed by atoms with van der Waals surface area (Å²) in [5, 5.41) is 0. The molecule has 0 amide bonds. The van der Waals surface area contributed by atoms with Crippen LogP contribution in [0.1, 0.15) is 438 Å². The number of allylic oxidation sites excluding steroid dienone is 10. The molecule has 0 saturated heterocycles. The van der Waals surface area contributed by atoms with Gasteiger partial charge >= 0.3 is 11.9 Å². The third kappa shape index (κ3) is 82.7. The normalized spacial score (nSPS) is 13.2. The van der Waals surface area contributed by atoms with E-state index in [1.165, 1.54) is 353 Å². The number of ether oxygens (including phenoxy) is 2. The van der Waals surface area contributed by atoms with Gasteiger partial charge < -0.3 is 27.9 Å². The van der Waals surface area contributed by atoms with Gasteiger partial charge in [-0.15, -0.1) is 0 Å². The van der Waals surface area contributed by atoms with Gasteiger partial charge in [0.15, 0.2) is 6.10 Å². The van der Waals surface area contributed by atoms with Gasteiger partial charge in [-0.2, -0.15) is 0 Å². The lowest BCUT2D eigenvalue weighted by molar-refractivity contribution is -0.870. The van der Waals surface area contributed by atoms with Crippen molar-refractivity contribution < 1.29 is 42.1 Å².